The third kappa shape index (κ3) is 6.34. The van der Waals surface area contributed by atoms with Crippen LogP contribution in [0.25, 0.3) is 11.3 Å². The largest absolute Gasteiger partial charge is 0.435 e. The van der Waals surface area contributed by atoms with Gasteiger partial charge in [0.1, 0.15) is 0 Å². The Morgan fingerprint density at radius 1 is 1.14 bits per heavy atom. The van der Waals surface area contributed by atoms with Crippen LogP contribution in [-0.2, 0) is 0 Å². The van der Waals surface area contributed by atoms with Crippen molar-refractivity contribution in [2.75, 3.05) is 30.3 Å². The molecule has 0 spiro atoms. The molecule has 4 N–H and O–H groups in total. The number of nitrogens with one attached hydrogen (secondary N) is 3. The number of hydrogen-bond acceptors (Lipinski definition) is 8. The van der Waals surface area contributed by atoms with Crippen LogP contribution in [0, 0.1) is 5.82 Å². The van der Waals surface area contributed by atoms with E-state index >= 15 is 0 Å². The topological polar surface area (TPSA) is 104 Å². The van der Waals surface area contributed by atoms with Crippen LogP contribution < -0.4 is 20.7 Å². The van der Waals surface area contributed by atoms with Gasteiger partial charge in [0.05, 0.1) is 16.9 Å². The first-order valence-corrected chi connectivity index (χ1v) is 11.0. The zero-order valence-electron chi connectivity index (χ0n) is 18.5. The number of aliphatic hydroxyl groups excluding tert-OH is 1. The highest BCUT2D eigenvalue weighted by Crippen LogP contribution is 2.34. The average Bonchev–Trinajstić information content (AvgIpc) is 2.85. The fraction of sp³-hybridized carbons (Fsp3) is 0.348. The van der Waals surface area contributed by atoms with Gasteiger partial charge < -0.3 is 25.8 Å². The van der Waals surface area contributed by atoms with E-state index in [9.17, 15) is 17.6 Å². The molecule has 35 heavy (non-hydrogen) atoms. The Balaban J connectivity index is 1.53. The molecular formula is C23H24F4N6O2. The van der Waals surface area contributed by atoms with Gasteiger partial charge in [-0.25, -0.2) is 19.3 Å². The number of nitrogens with zero attached hydrogens (tertiary/aromatic N) is 3. The minimum atomic E-state index is -4.82. The van der Waals surface area contributed by atoms with E-state index in [4.69, 9.17) is 9.84 Å². The standard InChI is InChI=1S/C23H24F4N6O2/c24-20-17(31-13-19(34)23(25,26)27)6-1-7-18(20)35-21-15(5-3-10-29-21)16-8-11-30-22(33-16)32-14-4-2-9-28-12-14/h1,3,5-8,10-11,14,19,28,31,34H,2,4,9,12-13H2,(H,30,32,33)/t14-,19?/m0/s1. The van der Waals surface area contributed by atoms with Crippen LogP contribution in [0.3, 0.4) is 0 Å². The van der Waals surface area contributed by atoms with Crippen LogP contribution in [0.4, 0.5) is 29.2 Å². The van der Waals surface area contributed by atoms with Gasteiger partial charge >= 0.3 is 6.18 Å². The fourth-order valence-corrected chi connectivity index (χ4v) is 3.56. The van der Waals surface area contributed by atoms with Crippen molar-refractivity contribution in [3.05, 3.63) is 54.6 Å². The Labute approximate surface area is 198 Å². The molecule has 1 aromatic carbocycles. The van der Waals surface area contributed by atoms with Crippen molar-refractivity contribution in [2.24, 2.45) is 0 Å². The van der Waals surface area contributed by atoms with E-state index in [0.717, 1.165) is 25.9 Å². The maximum atomic E-state index is 14.9. The SMILES string of the molecule is OC(CNc1cccc(Oc2ncccc2-c2ccnc(N[C@H]3CCCNC3)n2)c1F)C(F)(F)F. The second-order valence-electron chi connectivity index (χ2n) is 7.97. The molecule has 186 valence electrons. The van der Waals surface area contributed by atoms with Crippen LogP contribution in [0.2, 0.25) is 0 Å². The lowest BCUT2D eigenvalue weighted by atomic mass is 10.1. The molecule has 2 atom stereocenters. The van der Waals surface area contributed by atoms with E-state index in [1.807, 2.05) is 0 Å². The summed E-state index contributed by atoms with van der Waals surface area (Å²) in [5, 5.41) is 18.0. The monoisotopic (exact) mass is 492 g/mol. The number of pyridine rings is 1. The van der Waals surface area contributed by atoms with Gasteiger partial charge in [0.25, 0.3) is 0 Å². The molecule has 2 aromatic heterocycles. The van der Waals surface area contributed by atoms with Crippen molar-refractivity contribution in [3.63, 3.8) is 0 Å². The van der Waals surface area contributed by atoms with Crippen LogP contribution in [0.15, 0.2) is 48.8 Å². The number of hydrogen-bond donors (Lipinski definition) is 4. The quantitative estimate of drug-likeness (QED) is 0.351. The van der Waals surface area contributed by atoms with E-state index in [1.54, 1.807) is 24.4 Å². The van der Waals surface area contributed by atoms with Gasteiger partial charge in [-0.1, -0.05) is 6.07 Å². The summed E-state index contributed by atoms with van der Waals surface area (Å²) < 4.78 is 58.3. The lowest BCUT2D eigenvalue weighted by Gasteiger charge is -2.23. The highest BCUT2D eigenvalue weighted by molar-refractivity contribution is 5.66. The molecule has 0 amide bonds. The summed E-state index contributed by atoms with van der Waals surface area (Å²) in [6, 6.07) is 9.22. The van der Waals surface area contributed by atoms with Gasteiger partial charge in [-0.3, -0.25) is 0 Å². The Morgan fingerprint density at radius 2 is 2.00 bits per heavy atom. The van der Waals surface area contributed by atoms with Crippen LogP contribution in [0.1, 0.15) is 12.8 Å². The van der Waals surface area contributed by atoms with E-state index in [-0.39, 0.29) is 23.4 Å². The zero-order valence-corrected chi connectivity index (χ0v) is 18.5. The molecule has 0 bridgehead atoms. The van der Waals surface area contributed by atoms with Crippen molar-refractivity contribution in [3.8, 4) is 22.9 Å². The predicted octanol–water partition coefficient (Wildman–Crippen LogP) is 3.97. The highest BCUT2D eigenvalue weighted by atomic mass is 19.4. The van der Waals surface area contributed by atoms with Crippen molar-refractivity contribution >= 4 is 11.6 Å². The maximum Gasteiger partial charge on any atom is 0.416 e. The molecular weight excluding hydrogens is 468 g/mol. The van der Waals surface area contributed by atoms with Crippen molar-refractivity contribution in [1.29, 1.82) is 0 Å². The zero-order chi connectivity index (χ0) is 24.8. The van der Waals surface area contributed by atoms with Crippen LogP contribution in [0.5, 0.6) is 11.6 Å². The van der Waals surface area contributed by atoms with Gasteiger partial charge in [0, 0.05) is 31.5 Å². The number of aromatic nitrogens is 3. The molecule has 0 saturated carbocycles. The van der Waals surface area contributed by atoms with Gasteiger partial charge in [0.15, 0.2) is 17.7 Å². The number of rotatable bonds is 8. The third-order valence-electron chi connectivity index (χ3n) is 5.37. The van der Waals surface area contributed by atoms with E-state index in [0.29, 0.717) is 17.2 Å². The van der Waals surface area contributed by atoms with Crippen molar-refractivity contribution < 1.29 is 27.4 Å². The first kappa shape index (κ1) is 24.6. The summed E-state index contributed by atoms with van der Waals surface area (Å²) >= 11 is 0. The van der Waals surface area contributed by atoms with Gasteiger partial charge in [0.2, 0.25) is 11.8 Å². The number of ether oxygens (including phenoxy) is 1. The summed E-state index contributed by atoms with van der Waals surface area (Å²) in [5.74, 6) is -0.681. The number of anilines is 2. The number of benzene rings is 1. The summed E-state index contributed by atoms with van der Waals surface area (Å²) in [6.45, 7) is 0.871. The second kappa shape index (κ2) is 10.8. The molecule has 1 aliphatic rings. The fourth-order valence-electron chi connectivity index (χ4n) is 3.56. The number of piperidine rings is 1. The molecule has 0 aliphatic carbocycles. The van der Waals surface area contributed by atoms with Crippen molar-refractivity contribution in [2.45, 2.75) is 31.2 Å². The summed E-state index contributed by atoms with van der Waals surface area (Å²) in [7, 11) is 0. The van der Waals surface area contributed by atoms with Crippen LogP contribution in [-0.4, -0.2) is 58.0 Å². The van der Waals surface area contributed by atoms with E-state index < -0.39 is 24.6 Å². The molecule has 1 saturated heterocycles. The minimum Gasteiger partial charge on any atom is -0.435 e. The molecule has 1 aliphatic heterocycles. The first-order chi connectivity index (χ1) is 16.8. The summed E-state index contributed by atoms with van der Waals surface area (Å²) in [4.78, 5) is 13.0. The molecule has 3 heterocycles. The van der Waals surface area contributed by atoms with Gasteiger partial charge in [-0.05, 0) is 49.7 Å². The molecule has 4 rings (SSSR count). The van der Waals surface area contributed by atoms with Gasteiger partial charge in [-0.15, -0.1) is 0 Å². The van der Waals surface area contributed by atoms with Gasteiger partial charge in [-0.2, -0.15) is 13.2 Å². The molecule has 8 nitrogen and oxygen atoms in total. The molecule has 3 aromatic rings. The molecule has 1 fully saturated rings. The number of halogens is 4. The Morgan fingerprint density at radius 3 is 2.77 bits per heavy atom. The average molecular weight is 492 g/mol. The van der Waals surface area contributed by atoms with Crippen LogP contribution >= 0.6 is 0 Å². The predicted molar refractivity (Wildman–Crippen MR) is 122 cm³/mol. The lowest BCUT2D eigenvalue weighted by molar-refractivity contribution is -0.198. The molecule has 1 unspecified atom stereocenters. The lowest BCUT2D eigenvalue weighted by Crippen LogP contribution is -2.38. The highest BCUT2D eigenvalue weighted by Gasteiger charge is 2.38. The Hall–Kier alpha value is -3.51. The Kier molecular flexibility index (Phi) is 7.61. The maximum absolute atomic E-state index is 14.9. The van der Waals surface area contributed by atoms with E-state index in [2.05, 4.69) is 30.9 Å². The Bertz CT molecular complexity index is 1140. The normalized spacial score (nSPS) is 17.0. The number of alkyl halides is 3. The smallest absolute Gasteiger partial charge is 0.416 e. The molecule has 0 radical (unpaired) electrons. The van der Waals surface area contributed by atoms with Crippen molar-refractivity contribution in [1.82, 2.24) is 20.3 Å². The first-order valence-electron chi connectivity index (χ1n) is 11.0. The summed E-state index contributed by atoms with van der Waals surface area (Å²) in [5.41, 5.74) is 0.722. The summed E-state index contributed by atoms with van der Waals surface area (Å²) in [6.07, 6.45) is -2.36. The number of aliphatic hydroxyl groups is 1. The van der Waals surface area contributed by atoms with E-state index in [1.165, 1.54) is 24.4 Å². The molecule has 12 heteroatoms. The second-order valence-corrected chi connectivity index (χ2v) is 7.97. The third-order valence-corrected chi connectivity index (χ3v) is 5.37. The minimum absolute atomic E-state index is 0.0582.